The molecule has 1 aromatic carbocycles. The lowest BCUT2D eigenvalue weighted by Crippen LogP contribution is -2.11. The van der Waals surface area contributed by atoms with Gasteiger partial charge in [-0.25, -0.2) is 0 Å². The van der Waals surface area contributed by atoms with Crippen molar-refractivity contribution in [2.24, 2.45) is 5.84 Å². The molecule has 0 aliphatic heterocycles. The number of hydrogen-bond acceptors (Lipinski definition) is 4. The zero-order chi connectivity index (χ0) is 11.5. The third kappa shape index (κ3) is 3.04. The summed E-state index contributed by atoms with van der Waals surface area (Å²) in [4.78, 5) is -0.121. The van der Waals surface area contributed by atoms with Crippen molar-refractivity contribution in [2.75, 3.05) is 5.43 Å². The fourth-order valence-electron chi connectivity index (χ4n) is 0.983. The maximum Gasteiger partial charge on any atom is 0.446 e. The number of thioether (sulfide) groups is 1. The molecule has 0 spiro atoms. The quantitative estimate of drug-likeness (QED) is 0.468. The molecule has 0 aliphatic rings. The van der Waals surface area contributed by atoms with Gasteiger partial charge in [-0.15, -0.1) is 0 Å². The molecular weight excluding hydrogens is 227 g/mol. The number of nitrogens with one attached hydrogen (secondary N) is 1. The number of nitrogen functional groups attached to an aromatic ring is 1. The number of hydrazine groups is 1. The number of nitrogens with zero attached hydrogens (tertiary/aromatic N) is 1. The molecular formula is C8H6F3N3S. The van der Waals surface area contributed by atoms with E-state index in [0.29, 0.717) is 0 Å². The fraction of sp³-hybridized carbons (Fsp3) is 0.125. The fourth-order valence-corrected chi connectivity index (χ4v) is 1.65. The molecule has 80 valence electrons. The Bertz CT molecular complexity index is 397. The van der Waals surface area contributed by atoms with Crippen LogP contribution >= 0.6 is 11.8 Å². The van der Waals surface area contributed by atoms with Crippen LogP contribution in [0.2, 0.25) is 0 Å². The number of anilines is 1. The Morgan fingerprint density at radius 1 is 1.40 bits per heavy atom. The number of rotatable bonds is 2. The molecule has 0 amide bonds. The number of para-hydroxylation sites is 1. The predicted molar refractivity (Wildman–Crippen MR) is 50.9 cm³/mol. The minimum Gasteiger partial charge on any atom is -0.322 e. The van der Waals surface area contributed by atoms with Crippen LogP contribution in [0.25, 0.3) is 0 Å². The molecule has 1 rings (SSSR count). The lowest BCUT2D eigenvalue weighted by atomic mass is 10.2. The number of halogens is 3. The minimum absolute atomic E-state index is 0.0117. The molecule has 0 bridgehead atoms. The first kappa shape index (κ1) is 11.7. The van der Waals surface area contributed by atoms with Crippen molar-refractivity contribution >= 4 is 17.4 Å². The summed E-state index contributed by atoms with van der Waals surface area (Å²) in [5.74, 6) is 5.06. The summed E-state index contributed by atoms with van der Waals surface area (Å²) >= 11 is -0.312. The highest BCUT2D eigenvalue weighted by Gasteiger charge is 2.30. The second-order valence-corrected chi connectivity index (χ2v) is 3.59. The maximum atomic E-state index is 12.1. The molecule has 0 saturated carbocycles. The van der Waals surface area contributed by atoms with E-state index >= 15 is 0 Å². The van der Waals surface area contributed by atoms with Crippen molar-refractivity contribution in [1.29, 1.82) is 5.26 Å². The van der Waals surface area contributed by atoms with Gasteiger partial charge in [0.15, 0.2) is 0 Å². The highest BCUT2D eigenvalue weighted by atomic mass is 32.2. The Kier molecular flexibility index (Phi) is 3.44. The van der Waals surface area contributed by atoms with Gasteiger partial charge in [0.05, 0.1) is 11.3 Å². The standard InChI is InChI=1S/C8H6F3N3S/c9-8(10,11)15-6-3-1-2-5(4-12)7(6)14-13/h1-3,14H,13H2. The van der Waals surface area contributed by atoms with Crippen molar-refractivity contribution in [2.45, 2.75) is 10.4 Å². The maximum absolute atomic E-state index is 12.1. The van der Waals surface area contributed by atoms with E-state index in [1.807, 2.05) is 0 Å². The molecule has 7 heteroatoms. The van der Waals surface area contributed by atoms with E-state index in [2.05, 4.69) is 5.43 Å². The average Bonchev–Trinajstić information content (AvgIpc) is 2.15. The van der Waals surface area contributed by atoms with Crippen LogP contribution in [0.15, 0.2) is 23.1 Å². The average molecular weight is 233 g/mol. The number of alkyl halides is 3. The SMILES string of the molecule is N#Cc1cccc(SC(F)(F)F)c1NN. The second-order valence-electron chi connectivity index (χ2n) is 2.48. The first-order valence-electron chi connectivity index (χ1n) is 3.73. The molecule has 0 aliphatic carbocycles. The number of nitrogens with two attached hydrogens (primary N) is 1. The molecule has 0 aromatic heterocycles. The zero-order valence-corrected chi connectivity index (χ0v) is 8.12. The first-order chi connectivity index (χ1) is 6.98. The zero-order valence-electron chi connectivity index (χ0n) is 7.30. The van der Waals surface area contributed by atoms with Crippen LogP contribution < -0.4 is 11.3 Å². The van der Waals surface area contributed by atoms with Gasteiger partial charge < -0.3 is 5.43 Å². The van der Waals surface area contributed by atoms with Crippen LogP contribution in [0.5, 0.6) is 0 Å². The predicted octanol–water partition coefficient (Wildman–Crippen LogP) is 2.46. The number of nitriles is 1. The van der Waals surface area contributed by atoms with Crippen molar-refractivity contribution in [3.05, 3.63) is 23.8 Å². The number of benzene rings is 1. The third-order valence-corrected chi connectivity index (χ3v) is 2.31. The Morgan fingerprint density at radius 3 is 2.53 bits per heavy atom. The first-order valence-corrected chi connectivity index (χ1v) is 4.55. The van der Waals surface area contributed by atoms with Gasteiger partial charge >= 0.3 is 5.51 Å². The normalized spacial score (nSPS) is 10.9. The molecule has 0 fully saturated rings. The Labute approximate surface area is 88.0 Å². The van der Waals surface area contributed by atoms with Crippen molar-refractivity contribution in [1.82, 2.24) is 0 Å². The van der Waals surface area contributed by atoms with Crippen LogP contribution in [0.1, 0.15) is 5.56 Å². The summed E-state index contributed by atoms with van der Waals surface area (Å²) in [6, 6.07) is 5.75. The number of hydrogen-bond donors (Lipinski definition) is 2. The minimum atomic E-state index is -4.40. The van der Waals surface area contributed by atoms with Gasteiger partial charge in [-0.05, 0) is 23.9 Å². The summed E-state index contributed by atoms with van der Waals surface area (Å²) in [6.45, 7) is 0. The van der Waals surface area contributed by atoms with E-state index in [0.717, 1.165) is 0 Å². The highest BCUT2D eigenvalue weighted by Crippen LogP contribution is 2.41. The van der Waals surface area contributed by atoms with Gasteiger partial charge in [-0.3, -0.25) is 5.84 Å². The topological polar surface area (TPSA) is 61.8 Å². The van der Waals surface area contributed by atoms with Crippen LogP contribution in [-0.4, -0.2) is 5.51 Å². The van der Waals surface area contributed by atoms with Crippen LogP contribution in [0.3, 0.4) is 0 Å². The summed E-state index contributed by atoms with van der Waals surface area (Å²) in [5, 5.41) is 8.64. The molecule has 0 unspecified atom stereocenters. The smallest absolute Gasteiger partial charge is 0.322 e. The van der Waals surface area contributed by atoms with Gasteiger partial charge in [0, 0.05) is 4.90 Å². The molecule has 15 heavy (non-hydrogen) atoms. The highest BCUT2D eigenvalue weighted by molar-refractivity contribution is 8.00. The molecule has 1 aromatic rings. The molecule has 0 radical (unpaired) electrons. The molecule has 0 atom stereocenters. The molecule has 3 N–H and O–H groups in total. The van der Waals surface area contributed by atoms with E-state index in [1.54, 1.807) is 6.07 Å². The van der Waals surface area contributed by atoms with Gasteiger partial charge in [0.2, 0.25) is 0 Å². The van der Waals surface area contributed by atoms with Gasteiger partial charge in [-0.2, -0.15) is 18.4 Å². The van der Waals surface area contributed by atoms with E-state index in [4.69, 9.17) is 11.1 Å². The monoisotopic (exact) mass is 233 g/mol. The van der Waals surface area contributed by atoms with Gasteiger partial charge in [-0.1, -0.05) is 6.07 Å². The van der Waals surface area contributed by atoms with E-state index in [-0.39, 0.29) is 27.9 Å². The summed E-state index contributed by atoms with van der Waals surface area (Å²) in [7, 11) is 0. The Balaban J connectivity index is 3.14. The van der Waals surface area contributed by atoms with Gasteiger partial charge in [0.1, 0.15) is 6.07 Å². The molecule has 0 heterocycles. The van der Waals surface area contributed by atoms with E-state index < -0.39 is 5.51 Å². The van der Waals surface area contributed by atoms with Crippen molar-refractivity contribution < 1.29 is 13.2 Å². The third-order valence-electron chi connectivity index (χ3n) is 1.52. The Hall–Kier alpha value is -1.39. The molecule has 3 nitrogen and oxygen atoms in total. The largest absolute Gasteiger partial charge is 0.446 e. The van der Waals surface area contributed by atoms with E-state index in [9.17, 15) is 13.2 Å². The van der Waals surface area contributed by atoms with E-state index in [1.165, 1.54) is 18.2 Å². The lowest BCUT2D eigenvalue weighted by molar-refractivity contribution is -0.0327. The van der Waals surface area contributed by atoms with Crippen LogP contribution in [0, 0.1) is 11.3 Å². The van der Waals surface area contributed by atoms with Gasteiger partial charge in [0.25, 0.3) is 0 Å². The summed E-state index contributed by atoms with van der Waals surface area (Å²) in [5.41, 5.74) is -2.24. The van der Waals surface area contributed by atoms with Crippen molar-refractivity contribution in [3.63, 3.8) is 0 Å². The summed E-state index contributed by atoms with van der Waals surface area (Å²) in [6.07, 6.45) is 0. The second kappa shape index (κ2) is 4.42. The van der Waals surface area contributed by atoms with Crippen molar-refractivity contribution in [3.8, 4) is 6.07 Å². The molecule has 0 saturated heterocycles. The Morgan fingerprint density at radius 2 is 2.07 bits per heavy atom. The van der Waals surface area contributed by atoms with Crippen LogP contribution in [0.4, 0.5) is 18.9 Å². The summed E-state index contributed by atoms with van der Waals surface area (Å²) < 4.78 is 36.3. The lowest BCUT2D eigenvalue weighted by Gasteiger charge is -2.11. The van der Waals surface area contributed by atoms with Crippen LogP contribution in [-0.2, 0) is 0 Å².